The van der Waals surface area contributed by atoms with E-state index < -0.39 is 11.9 Å². The second-order valence-corrected chi connectivity index (χ2v) is 6.94. The van der Waals surface area contributed by atoms with Crippen LogP contribution in [-0.4, -0.2) is 23.6 Å². The maximum Gasteiger partial charge on any atom is 0.335 e. The van der Waals surface area contributed by atoms with Gasteiger partial charge in [-0.15, -0.1) is 0 Å². The van der Waals surface area contributed by atoms with Gasteiger partial charge in [0.05, 0.1) is 12.2 Å². The highest BCUT2D eigenvalue weighted by Gasteiger charge is 2.10. The SMILES string of the molecule is CCOc1ccc(NC(=O)C(C#N)=Cc2ccc(OCc3cccc(C(=O)O)c3)cc2)cc1. The summed E-state index contributed by atoms with van der Waals surface area (Å²) in [5.41, 5.74) is 2.11. The Bertz CT molecular complexity index is 1190. The van der Waals surface area contributed by atoms with Crippen LogP contribution in [0.3, 0.4) is 0 Å². The first-order valence-electron chi connectivity index (χ1n) is 10.2. The molecule has 0 saturated carbocycles. The minimum absolute atomic E-state index is 0.0389. The van der Waals surface area contributed by atoms with Gasteiger partial charge in [0.2, 0.25) is 0 Å². The lowest BCUT2D eigenvalue weighted by Gasteiger charge is -2.08. The van der Waals surface area contributed by atoms with E-state index in [-0.39, 0.29) is 17.7 Å². The second-order valence-electron chi connectivity index (χ2n) is 6.94. The quantitative estimate of drug-likeness (QED) is 0.360. The topological polar surface area (TPSA) is 109 Å². The Kier molecular flexibility index (Phi) is 7.81. The van der Waals surface area contributed by atoms with E-state index in [0.717, 1.165) is 5.56 Å². The van der Waals surface area contributed by atoms with Crippen molar-refractivity contribution in [3.8, 4) is 17.6 Å². The lowest BCUT2D eigenvalue weighted by molar-refractivity contribution is -0.112. The van der Waals surface area contributed by atoms with E-state index in [4.69, 9.17) is 14.6 Å². The summed E-state index contributed by atoms with van der Waals surface area (Å²) >= 11 is 0. The molecule has 0 aliphatic heterocycles. The third kappa shape index (κ3) is 6.71. The minimum atomic E-state index is -0.993. The van der Waals surface area contributed by atoms with Crippen LogP contribution in [0.4, 0.5) is 5.69 Å². The molecule has 0 aliphatic carbocycles. The zero-order chi connectivity index (χ0) is 23.6. The molecule has 7 heteroatoms. The number of carbonyl (C=O) groups is 2. The Morgan fingerprint density at radius 3 is 2.30 bits per heavy atom. The van der Waals surface area contributed by atoms with Crippen molar-refractivity contribution >= 4 is 23.6 Å². The van der Waals surface area contributed by atoms with Crippen molar-refractivity contribution in [1.29, 1.82) is 5.26 Å². The highest BCUT2D eigenvalue weighted by atomic mass is 16.5. The maximum absolute atomic E-state index is 12.5. The standard InChI is InChI=1S/C26H22N2O5/c1-2-32-23-12-8-22(9-13-23)28-25(29)21(16-27)14-18-6-10-24(11-7-18)33-17-19-4-3-5-20(15-19)26(30)31/h3-15H,2,17H2,1H3,(H,28,29)(H,30,31). The molecule has 3 rings (SSSR count). The molecule has 0 bridgehead atoms. The average molecular weight is 442 g/mol. The van der Waals surface area contributed by atoms with Crippen LogP contribution in [0.2, 0.25) is 0 Å². The van der Waals surface area contributed by atoms with Crippen molar-refractivity contribution in [2.45, 2.75) is 13.5 Å². The molecule has 0 aromatic heterocycles. The number of benzene rings is 3. The second kappa shape index (κ2) is 11.2. The minimum Gasteiger partial charge on any atom is -0.494 e. The van der Waals surface area contributed by atoms with Gasteiger partial charge >= 0.3 is 5.97 Å². The molecule has 1 amide bonds. The van der Waals surface area contributed by atoms with E-state index in [0.29, 0.717) is 29.4 Å². The van der Waals surface area contributed by atoms with E-state index in [1.54, 1.807) is 66.7 Å². The molecule has 2 N–H and O–H groups in total. The Morgan fingerprint density at radius 1 is 1.00 bits per heavy atom. The van der Waals surface area contributed by atoms with Gasteiger partial charge in [0.15, 0.2) is 0 Å². The number of nitriles is 1. The van der Waals surface area contributed by atoms with Crippen LogP contribution in [0.15, 0.2) is 78.4 Å². The zero-order valence-corrected chi connectivity index (χ0v) is 17.9. The molecule has 0 unspecified atom stereocenters. The molecule has 0 aliphatic rings. The van der Waals surface area contributed by atoms with Gasteiger partial charge in [-0.1, -0.05) is 24.3 Å². The third-order valence-corrected chi connectivity index (χ3v) is 4.56. The van der Waals surface area contributed by atoms with Gasteiger partial charge in [-0.3, -0.25) is 4.79 Å². The van der Waals surface area contributed by atoms with Gasteiger partial charge in [0.25, 0.3) is 5.91 Å². The number of amides is 1. The predicted octanol–water partition coefficient (Wildman–Crippen LogP) is 4.91. The number of rotatable bonds is 9. The number of aromatic carboxylic acids is 1. The Balaban J connectivity index is 1.62. The first-order chi connectivity index (χ1) is 16.0. The fraction of sp³-hybridized carbons (Fsp3) is 0.115. The Morgan fingerprint density at radius 2 is 1.67 bits per heavy atom. The number of carboxylic acid groups (broad SMARTS) is 1. The largest absolute Gasteiger partial charge is 0.494 e. The summed E-state index contributed by atoms with van der Waals surface area (Å²) in [5, 5.41) is 21.2. The fourth-order valence-electron chi connectivity index (χ4n) is 2.94. The van der Waals surface area contributed by atoms with Crippen LogP contribution < -0.4 is 14.8 Å². The van der Waals surface area contributed by atoms with Gasteiger partial charge in [0, 0.05) is 5.69 Å². The Labute approximate surface area is 191 Å². The van der Waals surface area contributed by atoms with Crippen molar-refractivity contribution in [2.75, 3.05) is 11.9 Å². The van der Waals surface area contributed by atoms with Crippen LogP contribution in [0, 0.1) is 11.3 Å². The number of ether oxygens (including phenoxy) is 2. The highest BCUT2D eigenvalue weighted by Crippen LogP contribution is 2.19. The van der Waals surface area contributed by atoms with E-state index in [1.807, 2.05) is 13.0 Å². The van der Waals surface area contributed by atoms with Crippen molar-refractivity contribution in [3.63, 3.8) is 0 Å². The molecular formula is C26H22N2O5. The molecular weight excluding hydrogens is 420 g/mol. The van der Waals surface area contributed by atoms with Crippen molar-refractivity contribution in [1.82, 2.24) is 0 Å². The molecule has 7 nitrogen and oxygen atoms in total. The fourth-order valence-corrected chi connectivity index (χ4v) is 2.94. The van der Waals surface area contributed by atoms with Crippen LogP contribution >= 0.6 is 0 Å². The molecule has 0 radical (unpaired) electrons. The molecule has 0 atom stereocenters. The summed E-state index contributed by atoms with van der Waals surface area (Å²) in [6, 6.07) is 22.2. The van der Waals surface area contributed by atoms with Crippen molar-refractivity contribution in [2.24, 2.45) is 0 Å². The van der Waals surface area contributed by atoms with E-state index in [1.165, 1.54) is 12.1 Å². The van der Waals surface area contributed by atoms with Gasteiger partial charge in [-0.05, 0) is 72.7 Å². The van der Waals surface area contributed by atoms with Gasteiger partial charge in [0.1, 0.15) is 29.7 Å². The molecule has 0 spiro atoms. The number of nitrogens with zero attached hydrogens (tertiary/aromatic N) is 1. The highest BCUT2D eigenvalue weighted by molar-refractivity contribution is 6.09. The summed E-state index contributed by atoms with van der Waals surface area (Å²) in [7, 11) is 0. The lowest BCUT2D eigenvalue weighted by atomic mass is 10.1. The van der Waals surface area contributed by atoms with E-state index in [2.05, 4.69) is 5.32 Å². The van der Waals surface area contributed by atoms with E-state index >= 15 is 0 Å². The zero-order valence-electron chi connectivity index (χ0n) is 17.9. The van der Waals surface area contributed by atoms with Crippen LogP contribution in [0.1, 0.15) is 28.4 Å². The molecule has 3 aromatic carbocycles. The van der Waals surface area contributed by atoms with Crippen LogP contribution in [0.25, 0.3) is 6.08 Å². The molecule has 0 heterocycles. The molecule has 0 saturated heterocycles. The number of anilines is 1. The summed E-state index contributed by atoms with van der Waals surface area (Å²) in [5.74, 6) is -0.234. The third-order valence-electron chi connectivity index (χ3n) is 4.56. The summed E-state index contributed by atoms with van der Waals surface area (Å²) in [4.78, 5) is 23.5. The smallest absolute Gasteiger partial charge is 0.335 e. The number of carbonyl (C=O) groups excluding carboxylic acids is 1. The normalized spacial score (nSPS) is 10.7. The monoisotopic (exact) mass is 442 g/mol. The Hall–Kier alpha value is -4.57. The average Bonchev–Trinajstić information content (AvgIpc) is 2.83. The van der Waals surface area contributed by atoms with Crippen molar-refractivity contribution < 1.29 is 24.2 Å². The number of hydrogen-bond donors (Lipinski definition) is 2. The molecule has 3 aromatic rings. The van der Waals surface area contributed by atoms with E-state index in [9.17, 15) is 14.9 Å². The van der Waals surface area contributed by atoms with Gasteiger partial charge < -0.3 is 19.9 Å². The summed E-state index contributed by atoms with van der Waals surface area (Å²) in [6.45, 7) is 2.65. The first-order valence-corrected chi connectivity index (χ1v) is 10.2. The number of carboxylic acids is 1. The van der Waals surface area contributed by atoms with Gasteiger partial charge in [-0.2, -0.15) is 5.26 Å². The number of nitrogens with one attached hydrogen (secondary N) is 1. The van der Waals surface area contributed by atoms with Gasteiger partial charge in [-0.25, -0.2) is 4.79 Å². The molecule has 166 valence electrons. The molecule has 0 fully saturated rings. The summed E-state index contributed by atoms with van der Waals surface area (Å²) < 4.78 is 11.1. The summed E-state index contributed by atoms with van der Waals surface area (Å²) in [6.07, 6.45) is 1.49. The van der Waals surface area contributed by atoms with Crippen LogP contribution in [-0.2, 0) is 11.4 Å². The molecule has 33 heavy (non-hydrogen) atoms. The number of hydrogen-bond acceptors (Lipinski definition) is 5. The van der Waals surface area contributed by atoms with Crippen molar-refractivity contribution in [3.05, 3.63) is 95.1 Å². The maximum atomic E-state index is 12.5. The lowest BCUT2D eigenvalue weighted by Crippen LogP contribution is -2.13. The predicted molar refractivity (Wildman–Crippen MR) is 124 cm³/mol. The first kappa shape index (κ1) is 23.1. The van der Waals surface area contributed by atoms with Crippen LogP contribution in [0.5, 0.6) is 11.5 Å².